The normalized spacial score (nSPS) is 17.8. The van der Waals surface area contributed by atoms with Gasteiger partial charge in [-0.1, -0.05) is 6.58 Å². The van der Waals surface area contributed by atoms with Crippen LogP contribution in [-0.2, 0) is 14.3 Å². The van der Waals surface area contributed by atoms with Gasteiger partial charge in [0.05, 0.1) is 13.2 Å². The molecule has 5 nitrogen and oxygen atoms in total. The number of amides is 1. The molecule has 0 atom stereocenters. The van der Waals surface area contributed by atoms with Crippen LogP contribution >= 0.6 is 0 Å². The molecule has 1 amide bonds. The Labute approximate surface area is 102 Å². The lowest BCUT2D eigenvalue weighted by Crippen LogP contribution is -2.36. The largest absolute Gasteiger partial charge is 0.463 e. The molecule has 17 heavy (non-hydrogen) atoms. The zero-order valence-corrected chi connectivity index (χ0v) is 10.6. The minimum Gasteiger partial charge on any atom is -0.463 e. The van der Waals surface area contributed by atoms with Gasteiger partial charge in [-0.3, -0.25) is 9.69 Å². The molecule has 0 unspecified atom stereocenters. The fraction of sp³-hybridized carbons (Fsp3) is 0.667. The van der Waals surface area contributed by atoms with Gasteiger partial charge in [0.15, 0.2) is 0 Å². The van der Waals surface area contributed by atoms with Gasteiger partial charge in [0, 0.05) is 32.3 Å². The maximum absolute atomic E-state index is 11.6. The Kier molecular flexibility index (Phi) is 5.15. The molecule has 0 N–H and O–H groups in total. The number of likely N-dealkylation sites (N-methyl/N-ethyl adjacent to an activating group) is 1. The standard InChI is InChI=1S/C12H20N2O3/c1-4-17-12(16)10(2)8-14-7-5-6-13(3)11(15)9-14/h2,4-9H2,1,3H3. The van der Waals surface area contributed by atoms with Gasteiger partial charge in [-0.05, 0) is 13.3 Å². The third-order valence-corrected chi connectivity index (χ3v) is 2.73. The number of carbonyl (C=O) groups is 2. The van der Waals surface area contributed by atoms with Crippen molar-refractivity contribution >= 4 is 11.9 Å². The van der Waals surface area contributed by atoms with Gasteiger partial charge in [-0.2, -0.15) is 0 Å². The van der Waals surface area contributed by atoms with Crippen LogP contribution in [0.4, 0.5) is 0 Å². The van der Waals surface area contributed by atoms with E-state index in [4.69, 9.17) is 4.74 Å². The summed E-state index contributed by atoms with van der Waals surface area (Å²) in [6, 6.07) is 0. The molecule has 0 aromatic heterocycles. The second-order valence-electron chi connectivity index (χ2n) is 4.20. The van der Waals surface area contributed by atoms with Gasteiger partial charge in [0.2, 0.25) is 5.91 Å². The molecular weight excluding hydrogens is 220 g/mol. The first kappa shape index (κ1) is 13.7. The van der Waals surface area contributed by atoms with E-state index in [2.05, 4.69) is 6.58 Å². The highest BCUT2D eigenvalue weighted by Gasteiger charge is 2.20. The van der Waals surface area contributed by atoms with Crippen molar-refractivity contribution in [3.8, 4) is 0 Å². The first-order chi connectivity index (χ1) is 8.04. The van der Waals surface area contributed by atoms with Crippen molar-refractivity contribution in [2.24, 2.45) is 0 Å². The van der Waals surface area contributed by atoms with E-state index >= 15 is 0 Å². The monoisotopic (exact) mass is 240 g/mol. The lowest BCUT2D eigenvalue weighted by atomic mass is 10.2. The maximum Gasteiger partial charge on any atom is 0.334 e. The van der Waals surface area contributed by atoms with E-state index in [0.717, 1.165) is 19.5 Å². The third kappa shape index (κ3) is 4.19. The molecule has 5 heteroatoms. The van der Waals surface area contributed by atoms with Gasteiger partial charge >= 0.3 is 5.97 Å². The highest BCUT2D eigenvalue weighted by atomic mass is 16.5. The minimum absolute atomic E-state index is 0.0826. The molecule has 0 bridgehead atoms. The summed E-state index contributed by atoms with van der Waals surface area (Å²) in [5, 5.41) is 0. The zero-order chi connectivity index (χ0) is 12.8. The van der Waals surface area contributed by atoms with Crippen molar-refractivity contribution in [1.29, 1.82) is 0 Å². The first-order valence-electron chi connectivity index (χ1n) is 5.85. The van der Waals surface area contributed by atoms with Crippen LogP contribution < -0.4 is 0 Å². The van der Waals surface area contributed by atoms with Gasteiger partial charge in [0.25, 0.3) is 0 Å². The van der Waals surface area contributed by atoms with Crippen LogP contribution in [0.3, 0.4) is 0 Å². The topological polar surface area (TPSA) is 49.9 Å². The summed E-state index contributed by atoms with van der Waals surface area (Å²) in [4.78, 5) is 26.7. The van der Waals surface area contributed by atoms with Crippen molar-refractivity contribution in [2.45, 2.75) is 13.3 Å². The van der Waals surface area contributed by atoms with E-state index in [1.165, 1.54) is 0 Å². The smallest absolute Gasteiger partial charge is 0.334 e. The molecular formula is C12H20N2O3. The number of carbonyl (C=O) groups excluding carboxylic acids is 2. The summed E-state index contributed by atoms with van der Waals surface area (Å²) in [5.41, 5.74) is 0.407. The van der Waals surface area contributed by atoms with E-state index in [-0.39, 0.29) is 11.9 Å². The minimum atomic E-state index is -0.377. The fourth-order valence-corrected chi connectivity index (χ4v) is 1.75. The van der Waals surface area contributed by atoms with Crippen LogP contribution in [0.15, 0.2) is 12.2 Å². The first-order valence-corrected chi connectivity index (χ1v) is 5.85. The van der Waals surface area contributed by atoms with Crippen LogP contribution in [-0.4, -0.2) is 61.5 Å². The number of rotatable bonds is 4. The zero-order valence-electron chi connectivity index (χ0n) is 10.6. The Morgan fingerprint density at radius 1 is 1.47 bits per heavy atom. The summed E-state index contributed by atoms with van der Waals surface area (Å²) in [6.07, 6.45) is 0.915. The second-order valence-corrected chi connectivity index (χ2v) is 4.20. The van der Waals surface area contributed by atoms with E-state index < -0.39 is 0 Å². The quantitative estimate of drug-likeness (QED) is 0.523. The lowest BCUT2D eigenvalue weighted by Gasteiger charge is -2.19. The average molecular weight is 240 g/mol. The molecule has 0 saturated carbocycles. The Bertz CT molecular complexity index is 315. The predicted molar refractivity (Wildman–Crippen MR) is 64.5 cm³/mol. The van der Waals surface area contributed by atoms with Crippen LogP contribution in [0, 0.1) is 0 Å². The summed E-state index contributed by atoms with van der Waals surface area (Å²) < 4.78 is 4.86. The predicted octanol–water partition coefficient (Wildman–Crippen LogP) is 0.270. The Balaban J connectivity index is 2.48. The molecule has 0 radical (unpaired) electrons. The summed E-state index contributed by atoms with van der Waals surface area (Å²) in [7, 11) is 1.80. The van der Waals surface area contributed by atoms with Crippen LogP contribution in [0.5, 0.6) is 0 Å². The highest BCUT2D eigenvalue weighted by molar-refractivity contribution is 5.88. The summed E-state index contributed by atoms with van der Waals surface area (Å²) >= 11 is 0. The molecule has 1 rings (SSSR count). The fourth-order valence-electron chi connectivity index (χ4n) is 1.75. The average Bonchev–Trinajstić information content (AvgIpc) is 2.42. The molecule has 1 heterocycles. The molecule has 1 saturated heterocycles. The van der Waals surface area contributed by atoms with E-state index in [1.807, 2.05) is 4.90 Å². The highest BCUT2D eigenvalue weighted by Crippen LogP contribution is 2.06. The Hall–Kier alpha value is -1.36. The van der Waals surface area contributed by atoms with E-state index in [9.17, 15) is 9.59 Å². The number of hydrogen-bond acceptors (Lipinski definition) is 4. The molecule has 0 aliphatic carbocycles. The molecule has 0 aromatic carbocycles. The van der Waals surface area contributed by atoms with Gasteiger partial charge in [-0.15, -0.1) is 0 Å². The summed E-state index contributed by atoms with van der Waals surface area (Å²) in [6.45, 7) is 8.12. The van der Waals surface area contributed by atoms with Crippen LogP contribution in [0.2, 0.25) is 0 Å². The molecule has 1 fully saturated rings. The summed E-state index contributed by atoms with van der Waals surface area (Å²) in [5.74, 6) is -0.295. The van der Waals surface area contributed by atoms with Crippen LogP contribution in [0.25, 0.3) is 0 Å². The van der Waals surface area contributed by atoms with E-state index in [0.29, 0.717) is 25.3 Å². The molecule has 0 spiro atoms. The van der Waals surface area contributed by atoms with E-state index in [1.54, 1.807) is 18.9 Å². The number of esters is 1. The van der Waals surface area contributed by atoms with Gasteiger partial charge in [-0.25, -0.2) is 4.79 Å². The Morgan fingerprint density at radius 2 is 2.18 bits per heavy atom. The molecule has 0 aromatic rings. The number of nitrogens with zero attached hydrogens (tertiary/aromatic N) is 2. The molecule has 1 aliphatic heterocycles. The third-order valence-electron chi connectivity index (χ3n) is 2.73. The van der Waals surface area contributed by atoms with Crippen molar-refractivity contribution in [3.05, 3.63) is 12.2 Å². The van der Waals surface area contributed by atoms with Gasteiger partial charge in [0.1, 0.15) is 0 Å². The number of ether oxygens (including phenoxy) is 1. The maximum atomic E-state index is 11.6. The van der Waals surface area contributed by atoms with Crippen molar-refractivity contribution in [3.63, 3.8) is 0 Å². The van der Waals surface area contributed by atoms with Gasteiger partial charge < -0.3 is 9.64 Å². The molecule has 96 valence electrons. The second kappa shape index (κ2) is 6.39. The lowest BCUT2D eigenvalue weighted by molar-refractivity contribution is -0.139. The Morgan fingerprint density at radius 3 is 2.82 bits per heavy atom. The SMILES string of the molecule is C=C(CN1CCCN(C)C(=O)C1)C(=O)OCC. The van der Waals surface area contributed by atoms with Crippen molar-refractivity contribution < 1.29 is 14.3 Å². The van der Waals surface area contributed by atoms with Crippen molar-refractivity contribution in [2.75, 3.05) is 39.8 Å². The molecule has 1 aliphatic rings. The number of hydrogen-bond donors (Lipinski definition) is 0. The van der Waals surface area contributed by atoms with Crippen LogP contribution in [0.1, 0.15) is 13.3 Å². The van der Waals surface area contributed by atoms with Crippen molar-refractivity contribution in [1.82, 2.24) is 9.80 Å².